The fourth-order valence-electron chi connectivity index (χ4n) is 4.15. The summed E-state index contributed by atoms with van der Waals surface area (Å²) < 4.78 is 5.08. The Morgan fingerprint density at radius 2 is 2.03 bits per heavy atom. The Morgan fingerprint density at radius 3 is 2.77 bits per heavy atom. The van der Waals surface area contributed by atoms with Crippen LogP contribution in [0.3, 0.4) is 0 Å². The van der Waals surface area contributed by atoms with Gasteiger partial charge in [-0.3, -0.25) is 19.8 Å². The number of thiazole rings is 1. The molecule has 8 heteroatoms. The molecule has 0 unspecified atom stereocenters. The third-order valence-corrected chi connectivity index (χ3v) is 6.56. The molecule has 2 N–H and O–H groups in total. The molecule has 0 saturated carbocycles. The average molecular weight is 441 g/mol. The van der Waals surface area contributed by atoms with Crippen molar-refractivity contribution in [2.24, 2.45) is 0 Å². The van der Waals surface area contributed by atoms with Gasteiger partial charge in [-0.15, -0.1) is 11.3 Å². The van der Waals surface area contributed by atoms with Gasteiger partial charge in [-0.1, -0.05) is 18.2 Å². The van der Waals surface area contributed by atoms with Gasteiger partial charge in [0.05, 0.1) is 5.69 Å². The number of fused-ring (bicyclic) bond motifs is 1. The smallest absolute Gasteiger partial charge is 0.303 e. The molecule has 0 radical (unpaired) electrons. The Kier molecular flexibility index (Phi) is 6.11. The van der Waals surface area contributed by atoms with Crippen molar-refractivity contribution in [3.05, 3.63) is 47.1 Å². The molecule has 1 fully saturated rings. The second-order valence-electron chi connectivity index (χ2n) is 8.54. The average Bonchev–Trinajstić information content (AvgIpc) is 3.34. The van der Waals surface area contributed by atoms with Gasteiger partial charge in [0.15, 0.2) is 10.7 Å². The minimum atomic E-state index is -1.23. The fourth-order valence-corrected chi connectivity index (χ4v) is 4.85. The van der Waals surface area contributed by atoms with Crippen molar-refractivity contribution in [2.75, 3.05) is 18.4 Å². The monoisotopic (exact) mass is 440 g/mol. The van der Waals surface area contributed by atoms with E-state index < -0.39 is 11.6 Å². The lowest BCUT2D eigenvalue weighted by Gasteiger charge is -2.31. The lowest BCUT2D eigenvalue weighted by Crippen LogP contribution is -2.41. The Hall–Kier alpha value is -2.71. The molecular weight excluding hydrogens is 412 g/mol. The Morgan fingerprint density at radius 1 is 1.29 bits per heavy atom. The highest BCUT2D eigenvalue weighted by Gasteiger charge is 2.31. The van der Waals surface area contributed by atoms with Crippen molar-refractivity contribution in [1.82, 2.24) is 14.9 Å². The molecule has 0 spiro atoms. The highest BCUT2D eigenvalue weighted by Crippen LogP contribution is 2.33. The van der Waals surface area contributed by atoms with E-state index in [1.54, 1.807) is 13.8 Å². The first-order valence-electron chi connectivity index (χ1n) is 10.6. The van der Waals surface area contributed by atoms with Gasteiger partial charge in [0, 0.05) is 35.9 Å². The highest BCUT2D eigenvalue weighted by atomic mass is 32.1. The van der Waals surface area contributed by atoms with Gasteiger partial charge in [-0.05, 0) is 57.3 Å². The molecule has 1 saturated heterocycles. The number of piperidine rings is 1. The van der Waals surface area contributed by atoms with Gasteiger partial charge in [0.2, 0.25) is 0 Å². The first kappa shape index (κ1) is 21.5. The summed E-state index contributed by atoms with van der Waals surface area (Å²) in [6, 6.07) is 8.48. The third-order valence-electron chi connectivity index (χ3n) is 5.75. The van der Waals surface area contributed by atoms with Gasteiger partial charge in [0.25, 0.3) is 5.91 Å². The zero-order valence-electron chi connectivity index (χ0n) is 18.1. The molecule has 7 nitrogen and oxygen atoms in total. The minimum absolute atomic E-state index is 0.386. The Bertz CT molecular complexity index is 1080. The number of esters is 1. The van der Waals surface area contributed by atoms with Crippen LogP contribution >= 0.6 is 11.3 Å². The summed E-state index contributed by atoms with van der Waals surface area (Å²) in [6.45, 7) is 7.22. The van der Waals surface area contributed by atoms with E-state index in [2.05, 4.69) is 50.6 Å². The number of hydrogen-bond donors (Lipinski definition) is 2. The van der Waals surface area contributed by atoms with Crippen molar-refractivity contribution in [2.45, 2.75) is 51.7 Å². The normalized spacial score (nSPS) is 15.8. The van der Waals surface area contributed by atoms with Crippen LogP contribution in [-0.2, 0) is 20.9 Å². The summed E-state index contributed by atoms with van der Waals surface area (Å²) in [5, 5.41) is 6.58. The van der Waals surface area contributed by atoms with Gasteiger partial charge >= 0.3 is 5.97 Å². The summed E-state index contributed by atoms with van der Waals surface area (Å²) in [4.78, 5) is 33.9. The number of aromatic amines is 1. The first-order valence-corrected chi connectivity index (χ1v) is 11.4. The molecule has 3 aromatic rings. The van der Waals surface area contributed by atoms with Gasteiger partial charge in [0.1, 0.15) is 0 Å². The van der Waals surface area contributed by atoms with E-state index in [1.165, 1.54) is 34.7 Å². The number of carbonyl (C=O) groups is 2. The van der Waals surface area contributed by atoms with Crippen molar-refractivity contribution in [3.63, 3.8) is 0 Å². The molecular formula is C23H28N4O3S. The van der Waals surface area contributed by atoms with Gasteiger partial charge in [-0.2, -0.15) is 0 Å². The Labute approximate surface area is 185 Å². The summed E-state index contributed by atoms with van der Waals surface area (Å²) in [7, 11) is 0. The predicted molar refractivity (Wildman–Crippen MR) is 122 cm³/mol. The quantitative estimate of drug-likeness (QED) is 0.559. The number of nitrogens with zero attached hydrogens (tertiary/aromatic N) is 2. The van der Waals surface area contributed by atoms with Crippen LogP contribution in [-0.4, -0.2) is 45.4 Å². The molecule has 1 aliphatic rings. The van der Waals surface area contributed by atoms with Crippen LogP contribution in [0.5, 0.6) is 0 Å². The number of hydrogen-bond acceptors (Lipinski definition) is 6. The van der Waals surface area contributed by atoms with Crippen molar-refractivity contribution < 1.29 is 14.3 Å². The number of ether oxygens (including phenoxy) is 1. The van der Waals surface area contributed by atoms with Crippen molar-refractivity contribution in [3.8, 4) is 0 Å². The molecule has 0 atom stereocenters. The number of amides is 1. The number of H-pyrrole nitrogens is 1. The number of likely N-dealkylation sites (tertiary alicyclic amines) is 1. The van der Waals surface area contributed by atoms with Crippen LogP contribution < -0.4 is 5.32 Å². The van der Waals surface area contributed by atoms with E-state index in [-0.39, 0.29) is 5.91 Å². The van der Waals surface area contributed by atoms with E-state index in [0.29, 0.717) is 11.0 Å². The molecule has 0 bridgehead atoms. The van der Waals surface area contributed by atoms with E-state index in [9.17, 15) is 9.59 Å². The fraction of sp³-hybridized carbons (Fsp3) is 0.435. The van der Waals surface area contributed by atoms with E-state index in [4.69, 9.17) is 4.74 Å². The third kappa shape index (κ3) is 4.97. The maximum Gasteiger partial charge on any atom is 0.303 e. The number of anilines is 1. The van der Waals surface area contributed by atoms with E-state index in [0.717, 1.165) is 38.2 Å². The minimum Gasteiger partial charge on any atom is -0.450 e. The molecule has 0 aliphatic carbocycles. The standard InChI is InChI=1S/C23H28N4O3S/c1-15(28)30-23(2,3)21(29)26-22-25-17(14-31-22)13-27-10-8-16(9-11-27)19-12-24-20-7-5-4-6-18(19)20/h4-7,12,14,16,24H,8-11,13H2,1-3H3,(H,25,26,29). The van der Waals surface area contributed by atoms with Crippen LogP contribution in [0.1, 0.15) is 50.8 Å². The number of aromatic nitrogens is 2. The first-order chi connectivity index (χ1) is 14.8. The van der Waals surface area contributed by atoms with Crippen molar-refractivity contribution >= 4 is 39.2 Å². The largest absolute Gasteiger partial charge is 0.450 e. The van der Waals surface area contributed by atoms with Crippen LogP contribution in [0, 0.1) is 0 Å². The molecule has 1 amide bonds. The van der Waals surface area contributed by atoms with Crippen LogP contribution in [0.2, 0.25) is 0 Å². The lowest BCUT2D eigenvalue weighted by molar-refractivity contribution is -0.160. The zero-order chi connectivity index (χ0) is 22.0. The van der Waals surface area contributed by atoms with Crippen LogP contribution in [0.4, 0.5) is 5.13 Å². The summed E-state index contributed by atoms with van der Waals surface area (Å²) >= 11 is 1.39. The molecule has 1 aromatic carbocycles. The molecule has 1 aliphatic heterocycles. The topological polar surface area (TPSA) is 87.3 Å². The van der Waals surface area contributed by atoms with E-state index in [1.807, 2.05) is 5.38 Å². The predicted octanol–water partition coefficient (Wildman–Crippen LogP) is 4.28. The SMILES string of the molecule is CC(=O)OC(C)(C)C(=O)Nc1nc(CN2CCC(c3c[nH]c4ccccc34)CC2)cs1. The summed E-state index contributed by atoms with van der Waals surface area (Å²) in [5.74, 6) is -0.305. The van der Waals surface area contributed by atoms with Crippen molar-refractivity contribution in [1.29, 1.82) is 0 Å². The maximum absolute atomic E-state index is 12.4. The highest BCUT2D eigenvalue weighted by molar-refractivity contribution is 7.13. The Balaban J connectivity index is 1.31. The molecule has 2 aromatic heterocycles. The molecule has 31 heavy (non-hydrogen) atoms. The number of carbonyl (C=O) groups excluding carboxylic acids is 2. The second-order valence-corrected chi connectivity index (χ2v) is 9.40. The molecule has 4 rings (SSSR count). The zero-order valence-corrected chi connectivity index (χ0v) is 18.9. The maximum atomic E-state index is 12.4. The number of rotatable bonds is 6. The lowest BCUT2D eigenvalue weighted by atomic mass is 9.89. The van der Waals surface area contributed by atoms with Crippen LogP contribution in [0.15, 0.2) is 35.8 Å². The summed E-state index contributed by atoms with van der Waals surface area (Å²) in [6.07, 6.45) is 4.40. The van der Waals surface area contributed by atoms with Gasteiger partial charge < -0.3 is 9.72 Å². The number of nitrogens with one attached hydrogen (secondary N) is 2. The van der Waals surface area contributed by atoms with Gasteiger partial charge in [-0.25, -0.2) is 4.98 Å². The molecule has 3 heterocycles. The second kappa shape index (κ2) is 8.80. The van der Waals surface area contributed by atoms with E-state index >= 15 is 0 Å². The number of benzene rings is 1. The van der Waals surface area contributed by atoms with Crippen LogP contribution in [0.25, 0.3) is 10.9 Å². The molecule has 164 valence electrons. The summed E-state index contributed by atoms with van der Waals surface area (Å²) in [5.41, 5.74) is 2.33. The number of para-hydroxylation sites is 1.